The third-order valence-electron chi connectivity index (χ3n) is 3.14. The molecule has 0 heterocycles. The number of hydrogen-bond donors (Lipinski definition) is 3. The fraction of sp³-hybridized carbons (Fsp3) is 0.786. The number of rotatable bonds is 6. The van der Waals surface area contributed by atoms with Crippen molar-refractivity contribution in [2.75, 3.05) is 7.11 Å². The third-order valence-corrected chi connectivity index (χ3v) is 3.14. The van der Waals surface area contributed by atoms with E-state index in [2.05, 4.69) is 15.4 Å². The Morgan fingerprint density at radius 3 is 2.00 bits per heavy atom. The van der Waals surface area contributed by atoms with Gasteiger partial charge in [0.05, 0.1) is 13.5 Å². The highest BCUT2D eigenvalue weighted by Crippen LogP contribution is 2.21. The van der Waals surface area contributed by atoms with Gasteiger partial charge in [-0.1, -0.05) is 34.6 Å². The molecule has 122 valence electrons. The van der Waals surface area contributed by atoms with E-state index in [-0.39, 0.29) is 12.3 Å². The Balaban J connectivity index is 4.83. The second-order valence-electron chi connectivity index (χ2n) is 6.38. The molecule has 0 saturated carbocycles. The number of ether oxygens (including phenoxy) is 1. The number of hydrogen-bond acceptors (Lipinski definition) is 4. The summed E-state index contributed by atoms with van der Waals surface area (Å²) in [4.78, 5) is 34.5. The van der Waals surface area contributed by atoms with Gasteiger partial charge in [0.1, 0.15) is 6.04 Å². The van der Waals surface area contributed by atoms with Crippen LogP contribution in [0.2, 0.25) is 0 Å². The van der Waals surface area contributed by atoms with Crippen LogP contribution in [-0.4, -0.2) is 42.3 Å². The van der Waals surface area contributed by atoms with Gasteiger partial charge < -0.3 is 20.5 Å². The van der Waals surface area contributed by atoms with E-state index < -0.39 is 35.5 Å². The highest BCUT2D eigenvalue weighted by atomic mass is 16.5. The van der Waals surface area contributed by atoms with E-state index in [1.807, 2.05) is 20.8 Å². The molecule has 0 aliphatic carbocycles. The van der Waals surface area contributed by atoms with Crippen molar-refractivity contribution in [1.29, 1.82) is 0 Å². The largest absolute Gasteiger partial charge is 0.481 e. The first-order chi connectivity index (χ1) is 9.48. The summed E-state index contributed by atoms with van der Waals surface area (Å²) < 4.78 is 4.64. The van der Waals surface area contributed by atoms with E-state index in [0.29, 0.717) is 0 Å². The molecule has 0 aromatic heterocycles. The number of aliphatic carboxylic acids is 1. The van der Waals surface area contributed by atoms with Gasteiger partial charge in [0, 0.05) is 6.04 Å². The quantitative estimate of drug-likeness (QED) is 0.643. The SMILES string of the molecule is COC(=O)C(NC(=O)NC(CC(=O)O)C(C)(C)C)C(C)C. The molecule has 0 radical (unpaired) electrons. The average molecular weight is 302 g/mol. The molecule has 7 heteroatoms. The fourth-order valence-corrected chi connectivity index (χ4v) is 1.71. The van der Waals surface area contributed by atoms with Crippen molar-refractivity contribution in [2.45, 2.75) is 53.1 Å². The highest BCUT2D eigenvalue weighted by molar-refractivity contribution is 5.84. The summed E-state index contributed by atoms with van der Waals surface area (Å²) >= 11 is 0. The Morgan fingerprint density at radius 1 is 1.14 bits per heavy atom. The molecule has 0 aromatic carbocycles. The smallest absolute Gasteiger partial charge is 0.328 e. The number of carbonyl (C=O) groups excluding carboxylic acids is 2. The summed E-state index contributed by atoms with van der Waals surface area (Å²) in [6.07, 6.45) is -0.193. The molecule has 2 unspecified atom stereocenters. The van der Waals surface area contributed by atoms with Gasteiger partial charge in [-0.15, -0.1) is 0 Å². The lowest BCUT2D eigenvalue weighted by Gasteiger charge is -2.31. The molecule has 21 heavy (non-hydrogen) atoms. The van der Waals surface area contributed by atoms with Crippen molar-refractivity contribution in [3.63, 3.8) is 0 Å². The Labute approximate surface area is 125 Å². The lowest BCUT2D eigenvalue weighted by atomic mass is 9.85. The average Bonchev–Trinajstić information content (AvgIpc) is 2.32. The lowest BCUT2D eigenvalue weighted by molar-refractivity contribution is -0.144. The van der Waals surface area contributed by atoms with Crippen LogP contribution in [0.3, 0.4) is 0 Å². The summed E-state index contributed by atoms with van der Waals surface area (Å²) in [5, 5.41) is 14.1. The fourth-order valence-electron chi connectivity index (χ4n) is 1.71. The molecule has 0 spiro atoms. The molecule has 2 amide bonds. The first-order valence-electron chi connectivity index (χ1n) is 6.85. The molecule has 0 aliphatic rings. The van der Waals surface area contributed by atoms with Crippen LogP contribution in [0, 0.1) is 11.3 Å². The maximum Gasteiger partial charge on any atom is 0.328 e. The van der Waals surface area contributed by atoms with Crippen LogP contribution in [0.25, 0.3) is 0 Å². The van der Waals surface area contributed by atoms with Crippen LogP contribution in [0.5, 0.6) is 0 Å². The number of esters is 1. The Hall–Kier alpha value is -1.79. The number of carboxylic acids is 1. The first-order valence-corrected chi connectivity index (χ1v) is 6.85. The van der Waals surface area contributed by atoms with E-state index in [0.717, 1.165) is 0 Å². The van der Waals surface area contributed by atoms with Crippen molar-refractivity contribution >= 4 is 18.0 Å². The number of amides is 2. The predicted molar refractivity (Wildman–Crippen MR) is 77.8 cm³/mol. The van der Waals surface area contributed by atoms with Gasteiger partial charge in [0.2, 0.25) is 0 Å². The van der Waals surface area contributed by atoms with Crippen LogP contribution >= 0.6 is 0 Å². The topological polar surface area (TPSA) is 105 Å². The monoisotopic (exact) mass is 302 g/mol. The van der Waals surface area contributed by atoms with Crippen molar-refractivity contribution < 1.29 is 24.2 Å². The molecule has 0 aliphatic heterocycles. The minimum atomic E-state index is -0.997. The van der Waals surface area contributed by atoms with E-state index in [1.165, 1.54) is 7.11 Å². The van der Waals surface area contributed by atoms with Gasteiger partial charge in [0.15, 0.2) is 0 Å². The van der Waals surface area contributed by atoms with Crippen molar-refractivity contribution in [3.05, 3.63) is 0 Å². The van der Waals surface area contributed by atoms with Crippen LogP contribution in [0.1, 0.15) is 41.0 Å². The normalized spacial score (nSPS) is 14.2. The summed E-state index contributed by atoms with van der Waals surface area (Å²) in [5.74, 6) is -1.68. The van der Waals surface area contributed by atoms with E-state index in [1.54, 1.807) is 13.8 Å². The predicted octanol–water partition coefficient (Wildman–Crippen LogP) is 1.37. The zero-order chi connectivity index (χ0) is 16.8. The highest BCUT2D eigenvalue weighted by Gasteiger charge is 2.30. The van der Waals surface area contributed by atoms with Crippen LogP contribution in [0.15, 0.2) is 0 Å². The summed E-state index contributed by atoms with van der Waals surface area (Å²) in [5.41, 5.74) is -0.422. The maximum absolute atomic E-state index is 12.0. The number of urea groups is 1. The summed E-state index contributed by atoms with van der Waals surface area (Å²) in [7, 11) is 1.25. The molecular formula is C14H26N2O5. The first kappa shape index (κ1) is 19.2. The molecular weight excluding hydrogens is 276 g/mol. The maximum atomic E-state index is 12.0. The second-order valence-corrected chi connectivity index (χ2v) is 6.38. The Morgan fingerprint density at radius 2 is 1.67 bits per heavy atom. The minimum Gasteiger partial charge on any atom is -0.481 e. The van der Waals surface area contributed by atoms with Crippen LogP contribution in [-0.2, 0) is 14.3 Å². The zero-order valence-corrected chi connectivity index (χ0v) is 13.5. The van der Waals surface area contributed by atoms with Gasteiger partial charge in [-0.2, -0.15) is 0 Å². The van der Waals surface area contributed by atoms with Crippen LogP contribution < -0.4 is 10.6 Å². The molecule has 3 N–H and O–H groups in total. The Kier molecular flexibility index (Phi) is 7.18. The van der Waals surface area contributed by atoms with Gasteiger partial charge in [0.25, 0.3) is 0 Å². The van der Waals surface area contributed by atoms with Crippen molar-refractivity contribution in [1.82, 2.24) is 10.6 Å². The van der Waals surface area contributed by atoms with Gasteiger partial charge in [-0.25, -0.2) is 9.59 Å². The molecule has 7 nitrogen and oxygen atoms in total. The van der Waals surface area contributed by atoms with E-state index >= 15 is 0 Å². The lowest BCUT2D eigenvalue weighted by Crippen LogP contribution is -2.54. The second kappa shape index (κ2) is 7.85. The molecule has 2 atom stereocenters. The summed E-state index contributed by atoms with van der Waals surface area (Å²) in [6, 6.07) is -1.92. The third kappa shape index (κ3) is 6.97. The van der Waals surface area contributed by atoms with Crippen molar-refractivity contribution in [2.24, 2.45) is 11.3 Å². The summed E-state index contributed by atoms with van der Waals surface area (Å²) in [6.45, 7) is 9.06. The molecule has 0 saturated heterocycles. The van der Waals surface area contributed by atoms with Crippen molar-refractivity contribution in [3.8, 4) is 0 Å². The molecule has 0 bridgehead atoms. The standard InChI is InChI=1S/C14H26N2O5/c1-8(2)11(12(19)21-6)16-13(20)15-9(7-10(17)18)14(3,4)5/h8-9,11H,7H2,1-6H3,(H,17,18)(H2,15,16,20). The number of carbonyl (C=O) groups is 3. The van der Waals surface area contributed by atoms with Crippen LogP contribution in [0.4, 0.5) is 4.79 Å². The molecule has 0 fully saturated rings. The Bertz CT molecular complexity index is 387. The molecule has 0 rings (SSSR count). The van der Waals surface area contributed by atoms with E-state index in [9.17, 15) is 14.4 Å². The van der Waals surface area contributed by atoms with Gasteiger partial charge >= 0.3 is 18.0 Å². The van der Waals surface area contributed by atoms with Gasteiger partial charge in [-0.05, 0) is 11.3 Å². The van der Waals surface area contributed by atoms with E-state index in [4.69, 9.17) is 5.11 Å². The number of methoxy groups -OCH3 is 1. The number of nitrogens with one attached hydrogen (secondary N) is 2. The zero-order valence-electron chi connectivity index (χ0n) is 13.5. The minimum absolute atomic E-state index is 0.143. The number of carboxylic acid groups (broad SMARTS) is 1. The van der Waals surface area contributed by atoms with Gasteiger partial charge in [-0.3, -0.25) is 4.79 Å². The molecule has 0 aromatic rings.